The number of aryl methyl sites for hydroxylation is 2. The van der Waals surface area contributed by atoms with Crippen molar-refractivity contribution in [2.24, 2.45) is 0 Å². The molecule has 0 aliphatic heterocycles. The van der Waals surface area contributed by atoms with E-state index < -0.39 is 11.6 Å². The quantitative estimate of drug-likeness (QED) is 0.514. The van der Waals surface area contributed by atoms with E-state index in [9.17, 15) is 14.4 Å². The number of hydrogen-bond donors (Lipinski definition) is 2. The first kappa shape index (κ1) is 25.2. The van der Waals surface area contributed by atoms with Crippen molar-refractivity contribution in [2.45, 2.75) is 46.2 Å². The van der Waals surface area contributed by atoms with E-state index in [4.69, 9.17) is 0 Å². The van der Waals surface area contributed by atoms with Crippen molar-refractivity contribution >= 4 is 34.7 Å². The molecule has 1 heterocycles. The van der Waals surface area contributed by atoms with E-state index >= 15 is 0 Å². The third kappa shape index (κ3) is 6.11. The van der Waals surface area contributed by atoms with Gasteiger partial charge in [-0.05, 0) is 62.8 Å². The number of anilines is 1. The van der Waals surface area contributed by atoms with Gasteiger partial charge < -0.3 is 10.6 Å². The smallest absolute Gasteiger partial charge is 0.261 e. The highest BCUT2D eigenvalue weighted by atomic mass is 32.1. The van der Waals surface area contributed by atoms with Crippen molar-refractivity contribution in [3.8, 4) is 0 Å². The number of carbonyl (C=O) groups excluding carboxylic acids is 3. The molecule has 0 bridgehead atoms. The third-order valence-electron chi connectivity index (χ3n) is 5.21. The molecule has 2 N–H and O–H groups in total. The molecule has 1 atom stereocenters. The van der Waals surface area contributed by atoms with Crippen LogP contribution in [0.2, 0.25) is 0 Å². The van der Waals surface area contributed by atoms with Gasteiger partial charge in [-0.1, -0.05) is 54.6 Å². The number of nitrogens with one attached hydrogen (secondary N) is 2. The zero-order valence-corrected chi connectivity index (χ0v) is 21.0. The maximum atomic E-state index is 13.7. The average Bonchev–Trinajstić information content (AvgIpc) is 3.31. The Kier molecular flexibility index (Phi) is 7.89. The lowest BCUT2D eigenvalue weighted by Gasteiger charge is -2.35. The summed E-state index contributed by atoms with van der Waals surface area (Å²) in [7, 11) is 0. The number of rotatable bonds is 7. The van der Waals surface area contributed by atoms with Crippen LogP contribution in [-0.2, 0) is 9.59 Å². The summed E-state index contributed by atoms with van der Waals surface area (Å²) >= 11 is 1.31. The number of nitrogens with zero attached hydrogens (tertiary/aromatic N) is 1. The molecule has 1 aromatic heterocycles. The Hall–Kier alpha value is -3.45. The lowest BCUT2D eigenvalue weighted by atomic mass is 9.98. The van der Waals surface area contributed by atoms with Crippen molar-refractivity contribution < 1.29 is 14.4 Å². The maximum Gasteiger partial charge on any atom is 0.261 e. The Balaban J connectivity index is 2.06. The summed E-state index contributed by atoms with van der Waals surface area (Å²) in [5.74, 6) is -0.986. The first-order chi connectivity index (χ1) is 16.1. The molecule has 0 unspecified atom stereocenters. The van der Waals surface area contributed by atoms with E-state index in [1.807, 2.05) is 88.5 Å². The highest BCUT2D eigenvalue weighted by Crippen LogP contribution is 2.33. The minimum Gasteiger partial charge on any atom is -0.349 e. The summed E-state index contributed by atoms with van der Waals surface area (Å²) in [5, 5.41) is 7.55. The number of hydrogen-bond acceptors (Lipinski definition) is 4. The summed E-state index contributed by atoms with van der Waals surface area (Å²) in [4.78, 5) is 41.9. The average molecular weight is 478 g/mol. The molecule has 0 aliphatic carbocycles. The van der Waals surface area contributed by atoms with Crippen LogP contribution in [0.1, 0.15) is 53.2 Å². The van der Waals surface area contributed by atoms with E-state index in [0.29, 0.717) is 16.1 Å². The van der Waals surface area contributed by atoms with Gasteiger partial charge >= 0.3 is 0 Å². The van der Waals surface area contributed by atoms with E-state index in [-0.39, 0.29) is 24.3 Å². The van der Waals surface area contributed by atoms with Gasteiger partial charge in [-0.3, -0.25) is 19.3 Å². The van der Waals surface area contributed by atoms with E-state index in [2.05, 4.69) is 10.6 Å². The molecule has 0 aliphatic rings. The van der Waals surface area contributed by atoms with Crippen molar-refractivity contribution in [3.05, 3.63) is 87.6 Å². The molecule has 6 nitrogen and oxygen atoms in total. The van der Waals surface area contributed by atoms with Crippen LogP contribution >= 0.6 is 11.3 Å². The fraction of sp³-hybridized carbons (Fsp3) is 0.296. The van der Waals surface area contributed by atoms with Crippen LogP contribution in [0.5, 0.6) is 0 Å². The van der Waals surface area contributed by atoms with Crippen molar-refractivity contribution in [3.63, 3.8) is 0 Å². The van der Waals surface area contributed by atoms with Gasteiger partial charge in [0.15, 0.2) is 0 Å². The normalized spacial score (nSPS) is 12.0. The largest absolute Gasteiger partial charge is 0.349 e. The van der Waals surface area contributed by atoms with Crippen LogP contribution in [0.4, 0.5) is 5.69 Å². The molecule has 0 radical (unpaired) electrons. The Bertz CT molecular complexity index is 1130. The Morgan fingerprint density at radius 3 is 2.12 bits per heavy atom. The van der Waals surface area contributed by atoms with Gasteiger partial charge in [-0.25, -0.2) is 0 Å². The Morgan fingerprint density at radius 2 is 1.56 bits per heavy atom. The molecule has 0 fully saturated rings. The van der Waals surface area contributed by atoms with Crippen molar-refractivity contribution in [1.29, 1.82) is 0 Å². The number of carbonyl (C=O) groups is 3. The topological polar surface area (TPSA) is 78.5 Å². The SMILES string of the molecule is Cc1cccc(C)c1N(C(=O)CNC(=O)c1cccs1)[C@@H](C(=O)NC(C)(C)C)c1ccccc1. The zero-order chi connectivity index (χ0) is 24.9. The van der Waals surface area contributed by atoms with Crippen molar-refractivity contribution in [2.75, 3.05) is 11.4 Å². The molecule has 3 amide bonds. The van der Waals surface area contributed by atoms with Gasteiger partial charge in [-0.15, -0.1) is 11.3 Å². The molecule has 0 saturated carbocycles. The van der Waals surface area contributed by atoms with Gasteiger partial charge in [0.1, 0.15) is 6.04 Å². The lowest BCUT2D eigenvalue weighted by molar-refractivity contribution is -0.127. The van der Waals surface area contributed by atoms with Crippen LogP contribution in [0, 0.1) is 13.8 Å². The number of thiophene rings is 1. The first-order valence-corrected chi connectivity index (χ1v) is 12.0. The highest BCUT2D eigenvalue weighted by Gasteiger charge is 2.35. The van der Waals surface area contributed by atoms with Gasteiger partial charge in [0, 0.05) is 5.54 Å². The number of amides is 3. The Labute approximate surface area is 205 Å². The predicted molar refractivity (Wildman–Crippen MR) is 137 cm³/mol. The zero-order valence-electron chi connectivity index (χ0n) is 20.2. The summed E-state index contributed by atoms with van der Waals surface area (Å²) in [5.41, 5.74) is 2.58. The lowest BCUT2D eigenvalue weighted by Crippen LogP contribution is -2.51. The minimum absolute atomic E-state index is 0.239. The molecule has 0 spiro atoms. The Morgan fingerprint density at radius 1 is 0.912 bits per heavy atom. The minimum atomic E-state index is -0.911. The van der Waals surface area contributed by atoms with Crippen LogP contribution in [0.3, 0.4) is 0 Å². The van der Waals surface area contributed by atoms with Crippen molar-refractivity contribution in [1.82, 2.24) is 10.6 Å². The van der Waals surface area contributed by atoms with Crippen LogP contribution in [0.25, 0.3) is 0 Å². The summed E-state index contributed by atoms with van der Waals surface area (Å²) in [6, 6.07) is 17.6. The molecule has 178 valence electrons. The fourth-order valence-electron chi connectivity index (χ4n) is 3.81. The third-order valence-corrected chi connectivity index (χ3v) is 6.08. The monoisotopic (exact) mass is 477 g/mol. The summed E-state index contributed by atoms with van der Waals surface area (Å²) < 4.78 is 0. The molecule has 2 aromatic carbocycles. The molecular formula is C27H31N3O3S. The van der Waals surface area contributed by atoms with Gasteiger partial charge in [0.25, 0.3) is 5.91 Å². The predicted octanol–water partition coefficient (Wildman–Crippen LogP) is 4.78. The van der Waals surface area contributed by atoms with E-state index in [1.165, 1.54) is 16.2 Å². The number of benzene rings is 2. The van der Waals surface area contributed by atoms with E-state index in [0.717, 1.165) is 11.1 Å². The fourth-order valence-corrected chi connectivity index (χ4v) is 4.45. The second-order valence-corrected chi connectivity index (χ2v) is 10.2. The van der Waals surface area contributed by atoms with Gasteiger partial charge in [0.2, 0.25) is 11.8 Å². The van der Waals surface area contributed by atoms with Gasteiger partial charge in [0.05, 0.1) is 17.1 Å². The number of para-hydroxylation sites is 1. The molecule has 0 saturated heterocycles. The molecule has 34 heavy (non-hydrogen) atoms. The first-order valence-electron chi connectivity index (χ1n) is 11.2. The van der Waals surface area contributed by atoms with Crippen LogP contribution < -0.4 is 15.5 Å². The van der Waals surface area contributed by atoms with Crippen LogP contribution in [-0.4, -0.2) is 29.8 Å². The maximum absolute atomic E-state index is 13.7. The summed E-state index contributed by atoms with van der Waals surface area (Å²) in [6.07, 6.45) is 0. The highest BCUT2D eigenvalue weighted by molar-refractivity contribution is 7.12. The van der Waals surface area contributed by atoms with Gasteiger partial charge in [-0.2, -0.15) is 0 Å². The molecule has 7 heteroatoms. The second kappa shape index (κ2) is 10.7. The summed E-state index contributed by atoms with van der Waals surface area (Å²) in [6.45, 7) is 9.29. The molecular weight excluding hydrogens is 446 g/mol. The molecule has 3 aromatic rings. The molecule has 3 rings (SSSR count). The standard InChI is InChI=1S/C27H31N3O3S/c1-18-11-9-12-19(2)23(18)30(22(31)17-28-25(32)21-15-10-16-34-21)24(20-13-7-6-8-14-20)26(33)29-27(3,4)5/h6-16,24H,17H2,1-5H3,(H,28,32)(H,29,33)/t24-/m1/s1. The van der Waals surface area contributed by atoms with Crippen LogP contribution in [0.15, 0.2) is 66.0 Å². The van der Waals surface area contributed by atoms with E-state index in [1.54, 1.807) is 12.1 Å². The second-order valence-electron chi connectivity index (χ2n) is 9.22.